The van der Waals surface area contributed by atoms with Crippen molar-refractivity contribution in [3.8, 4) is 0 Å². The molecule has 0 unspecified atom stereocenters. The van der Waals surface area contributed by atoms with E-state index in [2.05, 4.69) is 18.0 Å². The molecule has 1 aliphatic heterocycles. The van der Waals surface area contributed by atoms with Crippen LogP contribution in [-0.2, 0) is 11.2 Å². The Balaban J connectivity index is 1.78. The fraction of sp³-hybridized carbons (Fsp3) is 0.250. The van der Waals surface area contributed by atoms with E-state index in [0.717, 1.165) is 35.0 Å². The standard InChI is InChI=1S/C24H24N2O2/c1-2-3-13-22(27)20-16-26(24(28)17-9-5-4-6-10-17)15-14-19-18-11-7-8-12-21(18)25-23(19)20/h4-12,16,25H,2-3,13-15H2,1H3. The summed E-state index contributed by atoms with van der Waals surface area (Å²) in [7, 11) is 0. The number of nitrogens with one attached hydrogen (secondary N) is 1. The number of H-pyrrole nitrogens is 1. The summed E-state index contributed by atoms with van der Waals surface area (Å²) in [6.45, 7) is 2.63. The zero-order chi connectivity index (χ0) is 19.5. The second kappa shape index (κ2) is 7.85. The molecule has 4 heteroatoms. The lowest BCUT2D eigenvalue weighted by Crippen LogP contribution is -2.27. The van der Waals surface area contributed by atoms with E-state index in [1.165, 1.54) is 0 Å². The summed E-state index contributed by atoms with van der Waals surface area (Å²) in [6.07, 6.45) is 4.77. The zero-order valence-electron chi connectivity index (χ0n) is 16.1. The third kappa shape index (κ3) is 3.38. The second-order valence-corrected chi connectivity index (χ2v) is 7.21. The second-order valence-electron chi connectivity index (χ2n) is 7.21. The summed E-state index contributed by atoms with van der Waals surface area (Å²) in [5, 5.41) is 1.13. The van der Waals surface area contributed by atoms with Crippen LogP contribution < -0.4 is 0 Å². The predicted molar refractivity (Wildman–Crippen MR) is 112 cm³/mol. The summed E-state index contributed by atoms with van der Waals surface area (Å²) >= 11 is 0. The van der Waals surface area contributed by atoms with Gasteiger partial charge in [0.05, 0.1) is 11.3 Å². The monoisotopic (exact) mass is 372 g/mol. The topological polar surface area (TPSA) is 53.2 Å². The van der Waals surface area contributed by atoms with Crippen molar-refractivity contribution in [1.82, 2.24) is 9.88 Å². The summed E-state index contributed by atoms with van der Waals surface area (Å²) in [6, 6.07) is 17.4. The minimum atomic E-state index is -0.0733. The van der Waals surface area contributed by atoms with Crippen LogP contribution in [0.25, 0.3) is 16.5 Å². The third-order valence-electron chi connectivity index (χ3n) is 5.31. The minimum absolute atomic E-state index is 0.0733. The number of carbonyl (C=O) groups excluding carboxylic acids is 2. The van der Waals surface area contributed by atoms with Crippen LogP contribution in [0.1, 0.15) is 47.8 Å². The highest BCUT2D eigenvalue weighted by Crippen LogP contribution is 2.32. The fourth-order valence-electron chi connectivity index (χ4n) is 3.80. The highest BCUT2D eigenvalue weighted by molar-refractivity contribution is 6.22. The van der Waals surface area contributed by atoms with Crippen LogP contribution in [0.5, 0.6) is 0 Å². The van der Waals surface area contributed by atoms with Crippen molar-refractivity contribution in [2.45, 2.75) is 32.6 Å². The van der Waals surface area contributed by atoms with E-state index in [-0.39, 0.29) is 11.7 Å². The van der Waals surface area contributed by atoms with Crippen molar-refractivity contribution in [3.63, 3.8) is 0 Å². The van der Waals surface area contributed by atoms with Crippen molar-refractivity contribution in [2.75, 3.05) is 6.54 Å². The zero-order valence-corrected chi connectivity index (χ0v) is 16.1. The molecule has 0 saturated heterocycles. The van der Waals surface area contributed by atoms with Crippen LogP contribution in [0.2, 0.25) is 0 Å². The first kappa shape index (κ1) is 18.2. The van der Waals surface area contributed by atoms with E-state index in [0.29, 0.717) is 30.5 Å². The van der Waals surface area contributed by atoms with Gasteiger partial charge in [-0.15, -0.1) is 0 Å². The molecule has 1 aromatic heterocycles. The van der Waals surface area contributed by atoms with Gasteiger partial charge in [0.1, 0.15) is 0 Å². The van der Waals surface area contributed by atoms with E-state index >= 15 is 0 Å². The first-order valence-electron chi connectivity index (χ1n) is 9.90. The Hall–Kier alpha value is -3.14. The number of aromatic amines is 1. The number of rotatable bonds is 5. The number of hydrogen-bond donors (Lipinski definition) is 1. The van der Waals surface area contributed by atoms with Crippen LogP contribution in [0, 0.1) is 0 Å². The molecule has 0 radical (unpaired) electrons. The molecular formula is C24H24N2O2. The number of hydrogen-bond acceptors (Lipinski definition) is 2. The summed E-state index contributed by atoms with van der Waals surface area (Å²) in [4.78, 5) is 31.2. The van der Waals surface area contributed by atoms with Gasteiger partial charge in [0.25, 0.3) is 5.91 Å². The Bertz CT molecular complexity index is 1050. The predicted octanol–water partition coefficient (Wildman–Crippen LogP) is 4.97. The van der Waals surface area contributed by atoms with Crippen molar-refractivity contribution < 1.29 is 9.59 Å². The van der Waals surface area contributed by atoms with Crippen molar-refractivity contribution >= 4 is 28.2 Å². The number of benzene rings is 2. The van der Waals surface area contributed by atoms with Gasteiger partial charge < -0.3 is 9.88 Å². The van der Waals surface area contributed by atoms with Crippen molar-refractivity contribution in [3.05, 3.63) is 77.6 Å². The van der Waals surface area contributed by atoms with Crippen LogP contribution >= 0.6 is 0 Å². The molecule has 0 aliphatic carbocycles. The summed E-state index contributed by atoms with van der Waals surface area (Å²) in [5.41, 5.74) is 4.27. The van der Waals surface area contributed by atoms with Crippen molar-refractivity contribution in [1.29, 1.82) is 0 Å². The number of fused-ring (bicyclic) bond motifs is 3. The lowest BCUT2D eigenvalue weighted by molar-refractivity contribution is -0.113. The van der Waals surface area contributed by atoms with Crippen LogP contribution in [-0.4, -0.2) is 28.1 Å². The number of unbranched alkanes of at least 4 members (excludes halogenated alkanes) is 1. The number of ketones is 1. The molecule has 0 fully saturated rings. The normalized spacial score (nSPS) is 13.8. The molecule has 1 amide bonds. The van der Waals surface area contributed by atoms with E-state index in [1.54, 1.807) is 11.1 Å². The maximum atomic E-state index is 13.0. The molecule has 0 spiro atoms. The Morgan fingerprint density at radius 3 is 2.57 bits per heavy atom. The van der Waals surface area contributed by atoms with E-state index in [4.69, 9.17) is 0 Å². The Labute approximate surface area is 164 Å². The van der Waals surface area contributed by atoms with Crippen LogP contribution in [0.4, 0.5) is 0 Å². The van der Waals surface area contributed by atoms with E-state index in [1.807, 2.05) is 48.5 Å². The molecule has 1 aliphatic rings. The molecular weight excluding hydrogens is 348 g/mol. The van der Waals surface area contributed by atoms with Gasteiger partial charge in [0.15, 0.2) is 5.78 Å². The van der Waals surface area contributed by atoms with Gasteiger partial charge in [-0.1, -0.05) is 49.7 Å². The Morgan fingerprint density at radius 1 is 1.04 bits per heavy atom. The number of amides is 1. The Morgan fingerprint density at radius 2 is 1.79 bits per heavy atom. The van der Waals surface area contributed by atoms with E-state index < -0.39 is 0 Å². The Kier molecular flexibility index (Phi) is 5.11. The van der Waals surface area contributed by atoms with E-state index in [9.17, 15) is 9.59 Å². The average Bonchev–Trinajstić information content (AvgIpc) is 3.00. The number of allylic oxidation sites excluding steroid dienone is 1. The molecule has 142 valence electrons. The quantitative estimate of drug-likeness (QED) is 0.688. The summed E-state index contributed by atoms with van der Waals surface area (Å²) in [5.74, 6) is 0.0123. The molecule has 0 atom stereocenters. The van der Waals surface area contributed by atoms with Crippen LogP contribution in [0.3, 0.4) is 0 Å². The van der Waals surface area contributed by atoms with Crippen molar-refractivity contribution in [2.24, 2.45) is 0 Å². The lowest BCUT2D eigenvalue weighted by Gasteiger charge is -2.18. The third-order valence-corrected chi connectivity index (χ3v) is 5.31. The number of Topliss-reactive ketones (excluding diaryl/α,β-unsaturated/α-hetero) is 1. The van der Waals surface area contributed by atoms with Gasteiger partial charge >= 0.3 is 0 Å². The maximum Gasteiger partial charge on any atom is 0.257 e. The highest BCUT2D eigenvalue weighted by Gasteiger charge is 2.26. The molecule has 4 rings (SSSR count). The SMILES string of the molecule is CCCCC(=O)C1=CN(C(=O)c2ccccc2)CCc2c1[nH]c1ccccc21. The number of nitrogens with zero attached hydrogens (tertiary/aromatic N) is 1. The highest BCUT2D eigenvalue weighted by atomic mass is 16.2. The largest absolute Gasteiger partial charge is 0.354 e. The molecule has 4 nitrogen and oxygen atoms in total. The van der Waals surface area contributed by atoms with Gasteiger partial charge in [-0.25, -0.2) is 0 Å². The molecule has 1 N–H and O–H groups in total. The first-order chi connectivity index (χ1) is 13.7. The first-order valence-corrected chi connectivity index (χ1v) is 9.90. The fourth-order valence-corrected chi connectivity index (χ4v) is 3.80. The van der Waals surface area contributed by atoms with Gasteiger partial charge in [-0.3, -0.25) is 9.59 Å². The smallest absolute Gasteiger partial charge is 0.257 e. The number of carbonyl (C=O) groups is 2. The van der Waals surface area contributed by atoms with Crippen LogP contribution in [0.15, 0.2) is 60.8 Å². The number of aromatic nitrogens is 1. The molecule has 0 saturated carbocycles. The minimum Gasteiger partial charge on any atom is -0.354 e. The summed E-state index contributed by atoms with van der Waals surface area (Å²) < 4.78 is 0. The maximum absolute atomic E-state index is 13.0. The van der Waals surface area contributed by atoms with Gasteiger partial charge in [-0.2, -0.15) is 0 Å². The molecule has 2 heterocycles. The molecule has 3 aromatic rings. The molecule has 28 heavy (non-hydrogen) atoms. The molecule has 2 aromatic carbocycles. The van der Waals surface area contributed by atoms with Gasteiger partial charge in [0, 0.05) is 35.6 Å². The molecule has 0 bridgehead atoms. The van der Waals surface area contributed by atoms with Gasteiger partial charge in [0.2, 0.25) is 0 Å². The van der Waals surface area contributed by atoms with Gasteiger partial charge in [-0.05, 0) is 36.6 Å². The number of para-hydroxylation sites is 1. The lowest BCUT2D eigenvalue weighted by atomic mass is 9.99. The average molecular weight is 372 g/mol.